The molecule has 5 nitrogen and oxygen atoms in total. The van der Waals surface area contributed by atoms with Crippen LogP contribution in [-0.2, 0) is 11.3 Å². The van der Waals surface area contributed by atoms with Crippen molar-refractivity contribution < 1.29 is 4.74 Å². The minimum Gasteiger partial charge on any atom is -0.380 e. The van der Waals surface area contributed by atoms with E-state index in [4.69, 9.17) is 4.74 Å². The number of hydrogen-bond acceptors (Lipinski definition) is 4. The second-order valence-corrected chi connectivity index (χ2v) is 5.58. The highest BCUT2D eigenvalue weighted by molar-refractivity contribution is 5.37. The fourth-order valence-electron chi connectivity index (χ4n) is 2.57. The van der Waals surface area contributed by atoms with Gasteiger partial charge in [0, 0.05) is 31.0 Å². The Hall–Kier alpha value is -1.72. The SMILES string of the molecule is CC1(NCc2cc(=O)n3ccccc3n2)CCCOC1. The van der Waals surface area contributed by atoms with Crippen molar-refractivity contribution in [2.75, 3.05) is 13.2 Å². The molecular formula is C15H19N3O2. The summed E-state index contributed by atoms with van der Waals surface area (Å²) < 4.78 is 7.07. The van der Waals surface area contributed by atoms with Crippen molar-refractivity contribution in [3.8, 4) is 0 Å². The maximum absolute atomic E-state index is 12.0. The number of fused-ring (bicyclic) bond motifs is 1. The predicted octanol–water partition coefficient (Wildman–Crippen LogP) is 1.35. The molecule has 3 rings (SSSR count). The lowest BCUT2D eigenvalue weighted by molar-refractivity contribution is 0.0276. The Labute approximate surface area is 117 Å². The van der Waals surface area contributed by atoms with E-state index in [2.05, 4.69) is 17.2 Å². The fourth-order valence-corrected chi connectivity index (χ4v) is 2.57. The molecule has 0 bridgehead atoms. The van der Waals surface area contributed by atoms with E-state index in [-0.39, 0.29) is 11.1 Å². The molecule has 20 heavy (non-hydrogen) atoms. The smallest absolute Gasteiger partial charge is 0.258 e. The molecule has 1 unspecified atom stereocenters. The van der Waals surface area contributed by atoms with Crippen LogP contribution in [0.5, 0.6) is 0 Å². The van der Waals surface area contributed by atoms with Crippen molar-refractivity contribution in [1.29, 1.82) is 0 Å². The third kappa shape index (κ3) is 2.73. The molecule has 3 heterocycles. The lowest BCUT2D eigenvalue weighted by atomic mass is 9.95. The molecule has 0 spiro atoms. The Morgan fingerprint density at radius 1 is 1.50 bits per heavy atom. The molecule has 0 saturated carbocycles. The standard InChI is InChI=1S/C15H19N3O2/c1-15(6-4-8-20-11-15)16-10-12-9-14(19)18-7-3-2-5-13(18)17-12/h2-3,5,7,9,16H,4,6,8,10-11H2,1H3. The number of aromatic nitrogens is 2. The van der Waals surface area contributed by atoms with Crippen molar-refractivity contribution in [1.82, 2.24) is 14.7 Å². The van der Waals surface area contributed by atoms with Gasteiger partial charge in [-0.05, 0) is 31.9 Å². The molecule has 2 aromatic rings. The first-order valence-electron chi connectivity index (χ1n) is 6.96. The summed E-state index contributed by atoms with van der Waals surface area (Å²) in [4.78, 5) is 16.5. The van der Waals surface area contributed by atoms with E-state index >= 15 is 0 Å². The third-order valence-electron chi connectivity index (χ3n) is 3.76. The Kier molecular flexibility index (Phi) is 3.54. The van der Waals surface area contributed by atoms with E-state index in [1.54, 1.807) is 16.7 Å². The van der Waals surface area contributed by atoms with Gasteiger partial charge in [0.2, 0.25) is 0 Å². The van der Waals surface area contributed by atoms with Crippen LogP contribution < -0.4 is 10.9 Å². The van der Waals surface area contributed by atoms with Crippen LogP contribution in [0.3, 0.4) is 0 Å². The molecular weight excluding hydrogens is 254 g/mol. The maximum atomic E-state index is 12.0. The maximum Gasteiger partial charge on any atom is 0.258 e. The summed E-state index contributed by atoms with van der Waals surface area (Å²) in [6, 6.07) is 7.15. The predicted molar refractivity (Wildman–Crippen MR) is 76.8 cm³/mol. The minimum atomic E-state index is -0.0440. The number of nitrogens with one attached hydrogen (secondary N) is 1. The normalized spacial score (nSPS) is 23.1. The highest BCUT2D eigenvalue weighted by atomic mass is 16.5. The van der Waals surface area contributed by atoms with Gasteiger partial charge in [0.25, 0.3) is 5.56 Å². The molecule has 106 valence electrons. The summed E-state index contributed by atoms with van der Waals surface area (Å²) in [6.07, 6.45) is 3.88. The molecule has 1 aliphatic heterocycles. The van der Waals surface area contributed by atoms with E-state index in [0.717, 1.165) is 25.1 Å². The van der Waals surface area contributed by atoms with Gasteiger partial charge in [-0.15, -0.1) is 0 Å². The first-order valence-corrected chi connectivity index (χ1v) is 6.96. The van der Waals surface area contributed by atoms with Crippen LogP contribution in [0, 0.1) is 0 Å². The Morgan fingerprint density at radius 3 is 3.20 bits per heavy atom. The fraction of sp³-hybridized carbons (Fsp3) is 0.467. The van der Waals surface area contributed by atoms with Gasteiger partial charge in [0.05, 0.1) is 12.3 Å². The number of ether oxygens (including phenoxy) is 1. The van der Waals surface area contributed by atoms with Crippen molar-refractivity contribution in [2.24, 2.45) is 0 Å². The molecule has 2 aromatic heterocycles. The molecule has 0 radical (unpaired) electrons. The van der Waals surface area contributed by atoms with Crippen LogP contribution in [0.2, 0.25) is 0 Å². The van der Waals surface area contributed by atoms with Crippen molar-refractivity contribution >= 4 is 5.65 Å². The average Bonchev–Trinajstić information content (AvgIpc) is 2.46. The largest absolute Gasteiger partial charge is 0.380 e. The van der Waals surface area contributed by atoms with Gasteiger partial charge in [-0.25, -0.2) is 4.98 Å². The van der Waals surface area contributed by atoms with E-state index in [1.807, 2.05) is 18.2 Å². The molecule has 1 fully saturated rings. The number of rotatable bonds is 3. The van der Waals surface area contributed by atoms with Gasteiger partial charge in [-0.3, -0.25) is 9.20 Å². The van der Waals surface area contributed by atoms with Crippen LogP contribution in [0.4, 0.5) is 0 Å². The third-order valence-corrected chi connectivity index (χ3v) is 3.76. The number of pyridine rings is 1. The van der Waals surface area contributed by atoms with Gasteiger partial charge in [-0.2, -0.15) is 0 Å². The van der Waals surface area contributed by atoms with Crippen LogP contribution in [-0.4, -0.2) is 28.1 Å². The van der Waals surface area contributed by atoms with Crippen LogP contribution in [0.1, 0.15) is 25.5 Å². The zero-order chi connectivity index (χ0) is 14.0. The first kappa shape index (κ1) is 13.3. The highest BCUT2D eigenvalue weighted by Crippen LogP contribution is 2.18. The van der Waals surface area contributed by atoms with Gasteiger partial charge in [0.1, 0.15) is 5.65 Å². The summed E-state index contributed by atoms with van der Waals surface area (Å²) in [5.74, 6) is 0. The zero-order valence-electron chi connectivity index (χ0n) is 11.6. The second kappa shape index (κ2) is 5.34. The van der Waals surface area contributed by atoms with E-state index in [0.29, 0.717) is 18.8 Å². The van der Waals surface area contributed by atoms with Crippen molar-refractivity contribution in [3.05, 3.63) is 46.5 Å². The van der Waals surface area contributed by atoms with Crippen LogP contribution >= 0.6 is 0 Å². The zero-order valence-corrected chi connectivity index (χ0v) is 11.6. The topological polar surface area (TPSA) is 55.6 Å². The monoisotopic (exact) mass is 273 g/mol. The van der Waals surface area contributed by atoms with Crippen molar-refractivity contribution in [2.45, 2.75) is 31.8 Å². The van der Waals surface area contributed by atoms with Crippen molar-refractivity contribution in [3.63, 3.8) is 0 Å². The number of hydrogen-bond donors (Lipinski definition) is 1. The molecule has 1 N–H and O–H groups in total. The van der Waals surface area contributed by atoms with Gasteiger partial charge in [-0.1, -0.05) is 6.07 Å². The molecule has 0 aliphatic carbocycles. The second-order valence-electron chi connectivity index (χ2n) is 5.58. The van der Waals surface area contributed by atoms with Gasteiger partial charge in [0.15, 0.2) is 0 Å². The molecule has 1 saturated heterocycles. The van der Waals surface area contributed by atoms with E-state index in [1.165, 1.54) is 0 Å². The van der Waals surface area contributed by atoms with Gasteiger partial charge < -0.3 is 10.1 Å². The molecule has 0 aromatic carbocycles. The quantitative estimate of drug-likeness (QED) is 0.917. The summed E-state index contributed by atoms with van der Waals surface area (Å²) in [5, 5.41) is 3.47. The lowest BCUT2D eigenvalue weighted by Crippen LogP contribution is -2.48. The van der Waals surface area contributed by atoms with E-state index in [9.17, 15) is 4.79 Å². The van der Waals surface area contributed by atoms with Crippen LogP contribution in [0.15, 0.2) is 35.3 Å². The summed E-state index contributed by atoms with van der Waals surface area (Å²) in [7, 11) is 0. The Morgan fingerprint density at radius 2 is 2.40 bits per heavy atom. The van der Waals surface area contributed by atoms with E-state index < -0.39 is 0 Å². The lowest BCUT2D eigenvalue weighted by Gasteiger charge is -2.34. The molecule has 1 aliphatic rings. The molecule has 1 atom stereocenters. The number of nitrogens with zero attached hydrogens (tertiary/aromatic N) is 2. The average molecular weight is 273 g/mol. The molecule has 5 heteroatoms. The summed E-state index contributed by atoms with van der Waals surface area (Å²) in [6.45, 7) is 4.28. The highest BCUT2D eigenvalue weighted by Gasteiger charge is 2.26. The first-order chi connectivity index (χ1) is 9.66. The summed E-state index contributed by atoms with van der Waals surface area (Å²) in [5.41, 5.74) is 1.38. The summed E-state index contributed by atoms with van der Waals surface area (Å²) >= 11 is 0. The Bertz CT molecular complexity index is 659. The Balaban J connectivity index is 1.79. The van der Waals surface area contributed by atoms with Crippen LogP contribution in [0.25, 0.3) is 5.65 Å². The van der Waals surface area contributed by atoms with Gasteiger partial charge >= 0.3 is 0 Å². The minimum absolute atomic E-state index is 0.0260. The molecule has 0 amide bonds.